The molecular formula is C22H21ClN2O3. The van der Waals surface area contributed by atoms with E-state index in [9.17, 15) is 4.79 Å². The molecule has 2 N–H and O–H groups in total. The van der Waals surface area contributed by atoms with Gasteiger partial charge in [-0.15, -0.1) is 0 Å². The summed E-state index contributed by atoms with van der Waals surface area (Å²) < 4.78 is 10.9. The van der Waals surface area contributed by atoms with E-state index in [-0.39, 0.29) is 5.76 Å². The number of nitrogens with one attached hydrogen (secondary N) is 2. The maximum absolute atomic E-state index is 12.3. The zero-order valence-electron chi connectivity index (χ0n) is 15.5. The predicted octanol–water partition coefficient (Wildman–Crippen LogP) is 5.08. The maximum atomic E-state index is 12.3. The van der Waals surface area contributed by atoms with E-state index in [0.717, 1.165) is 29.4 Å². The molecular weight excluding hydrogens is 376 g/mol. The molecule has 0 amide bonds. The van der Waals surface area contributed by atoms with Crippen LogP contribution in [-0.4, -0.2) is 24.1 Å². The van der Waals surface area contributed by atoms with Gasteiger partial charge in [0, 0.05) is 39.6 Å². The van der Waals surface area contributed by atoms with Gasteiger partial charge in [-0.25, -0.2) is 4.79 Å². The third-order valence-corrected chi connectivity index (χ3v) is 5.00. The summed E-state index contributed by atoms with van der Waals surface area (Å²) >= 11 is 6.14. The number of para-hydroxylation sites is 1. The van der Waals surface area contributed by atoms with Crippen LogP contribution in [0.5, 0.6) is 0 Å². The molecule has 2 heterocycles. The van der Waals surface area contributed by atoms with Gasteiger partial charge in [-0.2, -0.15) is 0 Å². The third-order valence-electron chi connectivity index (χ3n) is 4.76. The molecule has 0 unspecified atom stereocenters. The number of rotatable bonds is 7. The highest BCUT2D eigenvalue weighted by molar-refractivity contribution is 6.31. The van der Waals surface area contributed by atoms with Crippen LogP contribution in [0, 0.1) is 0 Å². The first-order chi connectivity index (χ1) is 13.7. The summed E-state index contributed by atoms with van der Waals surface area (Å²) in [6.45, 7) is 3.32. The molecule has 0 saturated heterocycles. The minimum absolute atomic E-state index is 0.235. The lowest BCUT2D eigenvalue weighted by Gasteiger charge is -2.06. The monoisotopic (exact) mass is 396 g/mol. The lowest BCUT2D eigenvalue weighted by atomic mass is 10.1. The van der Waals surface area contributed by atoms with Gasteiger partial charge in [-0.3, -0.25) is 0 Å². The summed E-state index contributed by atoms with van der Waals surface area (Å²) in [6.07, 6.45) is 2.92. The van der Waals surface area contributed by atoms with E-state index in [2.05, 4.69) is 22.4 Å². The molecule has 0 spiro atoms. The van der Waals surface area contributed by atoms with Crippen molar-refractivity contribution in [3.8, 4) is 0 Å². The lowest BCUT2D eigenvalue weighted by molar-refractivity contribution is 0.0490. The van der Waals surface area contributed by atoms with Crippen LogP contribution < -0.4 is 5.32 Å². The summed E-state index contributed by atoms with van der Waals surface area (Å²) in [5.74, 6) is -0.220. The van der Waals surface area contributed by atoms with Crippen molar-refractivity contribution in [2.45, 2.75) is 19.9 Å². The van der Waals surface area contributed by atoms with E-state index in [4.69, 9.17) is 20.8 Å². The number of aromatic nitrogens is 1. The minimum Gasteiger partial charge on any atom is -0.460 e. The molecule has 0 atom stereocenters. The second-order valence-electron chi connectivity index (χ2n) is 6.56. The fourth-order valence-corrected chi connectivity index (χ4v) is 3.60. The Labute approximate surface area is 167 Å². The van der Waals surface area contributed by atoms with Crippen molar-refractivity contribution in [2.24, 2.45) is 0 Å². The van der Waals surface area contributed by atoms with Gasteiger partial charge in [-0.05, 0) is 49.7 Å². The van der Waals surface area contributed by atoms with Crippen molar-refractivity contribution in [2.75, 3.05) is 13.2 Å². The summed E-state index contributed by atoms with van der Waals surface area (Å²) in [7, 11) is 0. The Morgan fingerprint density at radius 3 is 2.93 bits per heavy atom. The summed E-state index contributed by atoms with van der Waals surface area (Å²) in [4.78, 5) is 15.6. The van der Waals surface area contributed by atoms with Gasteiger partial charge in [0.25, 0.3) is 0 Å². The molecule has 0 fully saturated rings. The van der Waals surface area contributed by atoms with E-state index < -0.39 is 5.97 Å². The topological polar surface area (TPSA) is 67.3 Å². The number of carbonyl (C=O) groups excluding carboxylic acids is 1. The Kier molecular flexibility index (Phi) is 5.37. The Morgan fingerprint density at radius 2 is 2.07 bits per heavy atom. The first-order valence-electron chi connectivity index (χ1n) is 9.31. The van der Waals surface area contributed by atoms with E-state index in [0.29, 0.717) is 23.8 Å². The van der Waals surface area contributed by atoms with Crippen molar-refractivity contribution >= 4 is 39.4 Å². The smallest absolute Gasteiger partial charge is 0.374 e. The largest absolute Gasteiger partial charge is 0.460 e. The number of halogens is 1. The molecule has 144 valence electrons. The van der Waals surface area contributed by atoms with Gasteiger partial charge in [0.1, 0.15) is 5.58 Å². The van der Waals surface area contributed by atoms with Crippen LogP contribution in [0.1, 0.15) is 28.6 Å². The number of hydrogen-bond acceptors (Lipinski definition) is 4. The average Bonchev–Trinajstić information content (AvgIpc) is 3.27. The SMILES string of the molecule is CCOC(=O)c1oc2ccc(Cl)cc2c1CNCCc1c[nH]c2ccccc12. The summed E-state index contributed by atoms with van der Waals surface area (Å²) in [6, 6.07) is 13.6. The normalized spacial score (nSPS) is 11.4. The van der Waals surface area contributed by atoms with E-state index in [1.165, 1.54) is 10.9 Å². The van der Waals surface area contributed by atoms with Crippen molar-refractivity contribution in [1.29, 1.82) is 0 Å². The van der Waals surface area contributed by atoms with Crippen LogP contribution in [0.4, 0.5) is 0 Å². The Morgan fingerprint density at radius 1 is 1.21 bits per heavy atom. The van der Waals surface area contributed by atoms with Crippen molar-refractivity contribution in [1.82, 2.24) is 10.3 Å². The molecule has 6 heteroatoms. The van der Waals surface area contributed by atoms with Gasteiger partial charge >= 0.3 is 5.97 Å². The van der Waals surface area contributed by atoms with Gasteiger partial charge < -0.3 is 19.5 Å². The minimum atomic E-state index is -0.455. The number of aromatic amines is 1. The molecule has 0 aliphatic carbocycles. The summed E-state index contributed by atoms with van der Waals surface area (Å²) in [5, 5.41) is 6.08. The molecule has 28 heavy (non-hydrogen) atoms. The van der Waals surface area contributed by atoms with Crippen LogP contribution in [-0.2, 0) is 17.7 Å². The van der Waals surface area contributed by atoms with E-state index >= 15 is 0 Å². The fourth-order valence-electron chi connectivity index (χ4n) is 3.43. The highest BCUT2D eigenvalue weighted by atomic mass is 35.5. The van der Waals surface area contributed by atoms with Crippen LogP contribution in [0.25, 0.3) is 21.9 Å². The van der Waals surface area contributed by atoms with Gasteiger partial charge in [-0.1, -0.05) is 29.8 Å². The number of ether oxygens (including phenoxy) is 1. The number of carbonyl (C=O) groups is 1. The first-order valence-corrected chi connectivity index (χ1v) is 9.69. The number of benzene rings is 2. The standard InChI is InChI=1S/C22H21ClN2O3/c1-2-27-22(26)21-18(17-11-15(23)7-8-20(17)28-21)13-24-10-9-14-12-25-19-6-4-3-5-16(14)19/h3-8,11-12,24-25H,2,9-10,13H2,1H3. The number of furan rings is 1. The quantitative estimate of drug-likeness (QED) is 0.338. The molecule has 5 nitrogen and oxygen atoms in total. The van der Waals surface area contributed by atoms with Crippen LogP contribution in [0.3, 0.4) is 0 Å². The van der Waals surface area contributed by atoms with Crippen LogP contribution >= 0.6 is 11.6 Å². The van der Waals surface area contributed by atoms with Crippen LogP contribution in [0.15, 0.2) is 53.1 Å². The first kappa shape index (κ1) is 18.6. The number of hydrogen-bond donors (Lipinski definition) is 2. The zero-order valence-corrected chi connectivity index (χ0v) is 16.3. The van der Waals surface area contributed by atoms with E-state index in [1.54, 1.807) is 19.1 Å². The second-order valence-corrected chi connectivity index (χ2v) is 6.99. The molecule has 2 aromatic heterocycles. The third kappa shape index (κ3) is 3.63. The Hall–Kier alpha value is -2.76. The second kappa shape index (κ2) is 8.09. The summed E-state index contributed by atoms with van der Waals surface area (Å²) in [5.41, 5.74) is 3.79. The number of H-pyrrole nitrogens is 1. The van der Waals surface area contributed by atoms with E-state index in [1.807, 2.05) is 24.4 Å². The van der Waals surface area contributed by atoms with Gasteiger partial charge in [0.2, 0.25) is 5.76 Å². The van der Waals surface area contributed by atoms with Crippen LogP contribution in [0.2, 0.25) is 5.02 Å². The highest BCUT2D eigenvalue weighted by Crippen LogP contribution is 2.29. The molecule has 0 bridgehead atoms. The maximum Gasteiger partial charge on any atom is 0.374 e. The molecule has 0 aliphatic rings. The van der Waals surface area contributed by atoms with Crippen molar-refractivity contribution < 1.29 is 13.9 Å². The van der Waals surface area contributed by atoms with Gasteiger partial charge in [0.05, 0.1) is 6.61 Å². The molecule has 0 aliphatic heterocycles. The average molecular weight is 397 g/mol. The molecule has 2 aromatic carbocycles. The molecule has 4 rings (SSSR count). The lowest BCUT2D eigenvalue weighted by Crippen LogP contribution is -2.18. The number of esters is 1. The van der Waals surface area contributed by atoms with Gasteiger partial charge in [0.15, 0.2) is 0 Å². The highest BCUT2D eigenvalue weighted by Gasteiger charge is 2.21. The zero-order chi connectivity index (χ0) is 19.5. The molecule has 0 saturated carbocycles. The number of fused-ring (bicyclic) bond motifs is 2. The van der Waals surface area contributed by atoms with Crippen molar-refractivity contribution in [3.05, 3.63) is 70.6 Å². The Bertz CT molecular complexity index is 1130. The van der Waals surface area contributed by atoms with Crippen molar-refractivity contribution in [3.63, 3.8) is 0 Å². The fraction of sp³-hybridized carbons (Fsp3) is 0.227. The molecule has 4 aromatic rings. The predicted molar refractivity (Wildman–Crippen MR) is 111 cm³/mol. The molecule has 0 radical (unpaired) electrons. The Balaban J connectivity index is 1.51.